The maximum absolute atomic E-state index is 9.73. The van der Waals surface area contributed by atoms with E-state index in [1.54, 1.807) is 0 Å². The van der Waals surface area contributed by atoms with Crippen molar-refractivity contribution in [1.29, 1.82) is 0 Å². The molecular weight excluding hydrogens is 262 g/mol. The van der Waals surface area contributed by atoms with Gasteiger partial charge in [-0.05, 0) is 36.6 Å². The molecule has 0 aliphatic heterocycles. The standard InChI is InChI=1S/C15H24ClNO2/c1-12(2)7-8-17-9-15(18)11-19-10-13-3-5-14(16)6-4-13/h3-6,12,15,17-18H,7-11H2,1-2H3. The molecule has 3 nitrogen and oxygen atoms in total. The Balaban J connectivity index is 2.06. The molecule has 0 heterocycles. The van der Waals surface area contributed by atoms with Crippen LogP contribution in [0.1, 0.15) is 25.8 Å². The number of hydrogen-bond acceptors (Lipinski definition) is 3. The summed E-state index contributed by atoms with van der Waals surface area (Å²) in [4.78, 5) is 0. The second-order valence-corrected chi connectivity index (χ2v) is 5.62. The molecule has 0 spiro atoms. The molecule has 1 rings (SSSR count). The molecule has 108 valence electrons. The van der Waals surface area contributed by atoms with Gasteiger partial charge >= 0.3 is 0 Å². The van der Waals surface area contributed by atoms with Crippen LogP contribution in [0, 0.1) is 5.92 Å². The molecule has 1 unspecified atom stereocenters. The van der Waals surface area contributed by atoms with E-state index in [9.17, 15) is 5.11 Å². The molecule has 19 heavy (non-hydrogen) atoms. The minimum atomic E-state index is -0.459. The lowest BCUT2D eigenvalue weighted by Crippen LogP contribution is -2.31. The van der Waals surface area contributed by atoms with Gasteiger partial charge in [0.15, 0.2) is 0 Å². The van der Waals surface area contributed by atoms with Crippen molar-refractivity contribution in [2.24, 2.45) is 5.92 Å². The van der Waals surface area contributed by atoms with Crippen molar-refractivity contribution in [2.75, 3.05) is 19.7 Å². The molecule has 0 saturated heterocycles. The Bertz CT molecular complexity index is 341. The van der Waals surface area contributed by atoms with E-state index in [-0.39, 0.29) is 0 Å². The van der Waals surface area contributed by atoms with Crippen LogP contribution >= 0.6 is 11.6 Å². The average Bonchev–Trinajstić information content (AvgIpc) is 2.37. The Morgan fingerprint density at radius 2 is 1.95 bits per heavy atom. The third-order valence-electron chi connectivity index (χ3n) is 2.77. The van der Waals surface area contributed by atoms with Crippen LogP contribution in [0.3, 0.4) is 0 Å². The van der Waals surface area contributed by atoms with E-state index in [1.165, 1.54) is 0 Å². The molecule has 0 fully saturated rings. The van der Waals surface area contributed by atoms with E-state index >= 15 is 0 Å². The van der Waals surface area contributed by atoms with E-state index in [0.717, 1.165) is 23.6 Å². The van der Waals surface area contributed by atoms with Crippen molar-refractivity contribution < 1.29 is 9.84 Å². The Morgan fingerprint density at radius 3 is 2.58 bits per heavy atom. The van der Waals surface area contributed by atoms with Crippen LogP contribution in [-0.4, -0.2) is 30.9 Å². The van der Waals surface area contributed by atoms with Gasteiger partial charge < -0.3 is 15.2 Å². The minimum Gasteiger partial charge on any atom is -0.389 e. The smallest absolute Gasteiger partial charge is 0.0897 e. The monoisotopic (exact) mass is 285 g/mol. The third-order valence-corrected chi connectivity index (χ3v) is 3.02. The fourth-order valence-corrected chi connectivity index (χ4v) is 1.74. The van der Waals surface area contributed by atoms with Crippen LogP contribution in [0.4, 0.5) is 0 Å². The first-order chi connectivity index (χ1) is 9.08. The van der Waals surface area contributed by atoms with Crippen LogP contribution in [0.2, 0.25) is 5.02 Å². The molecule has 0 aliphatic carbocycles. The largest absolute Gasteiger partial charge is 0.389 e. The van der Waals surface area contributed by atoms with Gasteiger partial charge in [-0.15, -0.1) is 0 Å². The van der Waals surface area contributed by atoms with Crippen molar-refractivity contribution in [3.05, 3.63) is 34.9 Å². The molecule has 4 heteroatoms. The van der Waals surface area contributed by atoms with Crippen molar-refractivity contribution in [3.63, 3.8) is 0 Å². The van der Waals surface area contributed by atoms with Crippen LogP contribution in [0.15, 0.2) is 24.3 Å². The van der Waals surface area contributed by atoms with Crippen molar-refractivity contribution in [2.45, 2.75) is 33.0 Å². The molecular formula is C15H24ClNO2. The predicted molar refractivity (Wildman–Crippen MR) is 79.4 cm³/mol. The highest BCUT2D eigenvalue weighted by atomic mass is 35.5. The van der Waals surface area contributed by atoms with Crippen LogP contribution < -0.4 is 5.32 Å². The topological polar surface area (TPSA) is 41.5 Å². The van der Waals surface area contributed by atoms with Gasteiger partial charge in [-0.2, -0.15) is 0 Å². The summed E-state index contributed by atoms with van der Waals surface area (Å²) in [5, 5.41) is 13.7. The number of aliphatic hydroxyl groups is 1. The molecule has 1 atom stereocenters. The predicted octanol–water partition coefficient (Wildman–Crippen LogP) is 2.85. The summed E-state index contributed by atoms with van der Waals surface area (Å²) in [6.45, 7) is 6.73. The second kappa shape index (κ2) is 9.32. The van der Waals surface area contributed by atoms with Gasteiger partial charge in [-0.3, -0.25) is 0 Å². The molecule has 2 N–H and O–H groups in total. The van der Waals surface area contributed by atoms with Gasteiger partial charge in [0.05, 0.1) is 19.3 Å². The van der Waals surface area contributed by atoms with Crippen LogP contribution in [0.5, 0.6) is 0 Å². The number of nitrogens with one attached hydrogen (secondary N) is 1. The molecule has 0 saturated carbocycles. The summed E-state index contributed by atoms with van der Waals surface area (Å²) >= 11 is 5.80. The van der Waals surface area contributed by atoms with Crippen molar-refractivity contribution in [1.82, 2.24) is 5.32 Å². The van der Waals surface area contributed by atoms with Gasteiger partial charge in [-0.1, -0.05) is 37.6 Å². The average molecular weight is 286 g/mol. The lowest BCUT2D eigenvalue weighted by molar-refractivity contribution is 0.0288. The van der Waals surface area contributed by atoms with Crippen molar-refractivity contribution >= 4 is 11.6 Å². The van der Waals surface area contributed by atoms with E-state index in [2.05, 4.69) is 19.2 Å². The van der Waals surface area contributed by atoms with E-state index in [1.807, 2.05) is 24.3 Å². The summed E-state index contributed by atoms with van der Waals surface area (Å²) in [7, 11) is 0. The van der Waals surface area contributed by atoms with E-state index in [4.69, 9.17) is 16.3 Å². The Hall–Kier alpha value is -0.610. The Labute approximate surface area is 120 Å². The molecule has 1 aromatic rings. The number of aliphatic hydroxyl groups excluding tert-OH is 1. The van der Waals surface area contributed by atoms with Crippen LogP contribution in [-0.2, 0) is 11.3 Å². The molecule has 0 aliphatic rings. The highest BCUT2D eigenvalue weighted by molar-refractivity contribution is 6.30. The van der Waals surface area contributed by atoms with Gasteiger partial charge in [-0.25, -0.2) is 0 Å². The number of halogens is 1. The second-order valence-electron chi connectivity index (χ2n) is 5.18. The zero-order chi connectivity index (χ0) is 14.1. The number of ether oxygens (including phenoxy) is 1. The van der Waals surface area contributed by atoms with Crippen molar-refractivity contribution in [3.8, 4) is 0 Å². The Kier molecular flexibility index (Phi) is 8.07. The SMILES string of the molecule is CC(C)CCNCC(O)COCc1ccc(Cl)cc1. The van der Waals surface area contributed by atoms with E-state index < -0.39 is 6.10 Å². The molecule has 0 radical (unpaired) electrons. The highest BCUT2D eigenvalue weighted by Crippen LogP contribution is 2.10. The summed E-state index contributed by atoms with van der Waals surface area (Å²) < 4.78 is 5.47. The highest BCUT2D eigenvalue weighted by Gasteiger charge is 2.04. The molecule has 0 bridgehead atoms. The Morgan fingerprint density at radius 1 is 1.26 bits per heavy atom. The van der Waals surface area contributed by atoms with Crippen LogP contribution in [0.25, 0.3) is 0 Å². The molecule has 1 aromatic carbocycles. The zero-order valence-electron chi connectivity index (χ0n) is 11.7. The maximum Gasteiger partial charge on any atom is 0.0897 e. The summed E-state index contributed by atoms with van der Waals surface area (Å²) in [6.07, 6.45) is 0.665. The number of hydrogen-bond donors (Lipinski definition) is 2. The fourth-order valence-electron chi connectivity index (χ4n) is 1.61. The van der Waals surface area contributed by atoms with Gasteiger partial charge in [0.25, 0.3) is 0 Å². The zero-order valence-corrected chi connectivity index (χ0v) is 12.5. The maximum atomic E-state index is 9.73. The summed E-state index contributed by atoms with van der Waals surface area (Å²) in [6, 6.07) is 7.53. The quantitative estimate of drug-likeness (QED) is 0.686. The molecule has 0 amide bonds. The summed E-state index contributed by atoms with van der Waals surface area (Å²) in [5.74, 6) is 0.686. The van der Waals surface area contributed by atoms with Gasteiger partial charge in [0.1, 0.15) is 0 Å². The van der Waals surface area contributed by atoms with Gasteiger partial charge in [0, 0.05) is 11.6 Å². The first kappa shape index (κ1) is 16.4. The van der Waals surface area contributed by atoms with Gasteiger partial charge in [0.2, 0.25) is 0 Å². The first-order valence-corrected chi connectivity index (χ1v) is 7.16. The summed E-state index contributed by atoms with van der Waals surface area (Å²) in [5.41, 5.74) is 1.06. The lowest BCUT2D eigenvalue weighted by Gasteiger charge is -2.13. The normalized spacial score (nSPS) is 12.9. The lowest BCUT2D eigenvalue weighted by atomic mass is 10.1. The van der Waals surface area contributed by atoms with E-state index in [0.29, 0.717) is 25.7 Å². The third kappa shape index (κ3) is 8.22. The number of rotatable bonds is 9. The minimum absolute atomic E-state index is 0.345. The fraction of sp³-hybridized carbons (Fsp3) is 0.600. The first-order valence-electron chi connectivity index (χ1n) is 6.79. The number of benzene rings is 1. The molecule has 0 aromatic heterocycles.